The minimum Gasteiger partial charge on any atom is -0.383 e. The summed E-state index contributed by atoms with van der Waals surface area (Å²) in [5.41, 5.74) is -0.737. The van der Waals surface area contributed by atoms with E-state index in [9.17, 15) is 14.9 Å². The lowest BCUT2D eigenvalue weighted by Crippen LogP contribution is -2.54. The molecule has 2 N–H and O–H groups in total. The molecule has 1 saturated heterocycles. The Kier molecular flexibility index (Phi) is 7.17. The summed E-state index contributed by atoms with van der Waals surface area (Å²) >= 11 is 0. The Morgan fingerprint density at radius 1 is 1.16 bits per heavy atom. The van der Waals surface area contributed by atoms with Crippen LogP contribution in [-0.4, -0.2) is 86.7 Å². The molecule has 1 unspecified atom stereocenters. The zero-order chi connectivity index (χ0) is 18.3. The van der Waals surface area contributed by atoms with E-state index < -0.39 is 5.54 Å². The van der Waals surface area contributed by atoms with Gasteiger partial charge < -0.3 is 15.4 Å². The molecule has 2 fully saturated rings. The zero-order valence-electron chi connectivity index (χ0n) is 15.2. The second kappa shape index (κ2) is 9.13. The maximum absolute atomic E-state index is 12.2. The van der Waals surface area contributed by atoms with E-state index in [0.29, 0.717) is 26.2 Å². The number of hydrogen-bond donors (Lipinski definition) is 2. The number of carbonyl (C=O) groups is 2. The molecule has 1 heterocycles. The summed E-state index contributed by atoms with van der Waals surface area (Å²) in [5, 5.41) is 15.0. The molecular formula is C17H29N5O3. The molecule has 1 atom stereocenters. The Morgan fingerprint density at radius 2 is 1.72 bits per heavy atom. The van der Waals surface area contributed by atoms with Gasteiger partial charge in [-0.3, -0.25) is 19.4 Å². The van der Waals surface area contributed by atoms with Crippen LogP contribution in [0.4, 0.5) is 0 Å². The second-order valence-corrected chi connectivity index (χ2v) is 7.03. The van der Waals surface area contributed by atoms with Crippen LogP contribution in [-0.2, 0) is 14.3 Å². The number of rotatable bonds is 9. The van der Waals surface area contributed by atoms with Gasteiger partial charge in [0.1, 0.15) is 5.54 Å². The predicted octanol–water partition coefficient (Wildman–Crippen LogP) is -0.825. The van der Waals surface area contributed by atoms with Crippen LogP contribution in [0.25, 0.3) is 0 Å². The van der Waals surface area contributed by atoms with Crippen molar-refractivity contribution in [2.45, 2.75) is 25.3 Å². The van der Waals surface area contributed by atoms with Crippen LogP contribution in [0.5, 0.6) is 0 Å². The third-order valence-corrected chi connectivity index (χ3v) is 4.85. The van der Waals surface area contributed by atoms with Crippen molar-refractivity contribution in [2.75, 3.05) is 59.5 Å². The van der Waals surface area contributed by atoms with Gasteiger partial charge >= 0.3 is 0 Å². The van der Waals surface area contributed by atoms with Crippen LogP contribution in [0.15, 0.2) is 0 Å². The van der Waals surface area contributed by atoms with Crippen molar-refractivity contribution in [1.29, 1.82) is 5.26 Å². The van der Waals surface area contributed by atoms with E-state index in [1.165, 1.54) is 0 Å². The third kappa shape index (κ3) is 6.27. The topological polar surface area (TPSA) is 97.7 Å². The number of nitriles is 1. The molecule has 2 rings (SSSR count). The van der Waals surface area contributed by atoms with Crippen molar-refractivity contribution in [2.24, 2.45) is 5.92 Å². The van der Waals surface area contributed by atoms with E-state index in [1.807, 2.05) is 6.92 Å². The van der Waals surface area contributed by atoms with Crippen molar-refractivity contribution in [3.63, 3.8) is 0 Å². The van der Waals surface area contributed by atoms with Crippen molar-refractivity contribution < 1.29 is 14.3 Å². The summed E-state index contributed by atoms with van der Waals surface area (Å²) < 4.78 is 4.90. The first-order valence-corrected chi connectivity index (χ1v) is 8.89. The highest BCUT2D eigenvalue weighted by Crippen LogP contribution is 2.39. The van der Waals surface area contributed by atoms with E-state index in [2.05, 4.69) is 26.5 Å². The largest absolute Gasteiger partial charge is 0.383 e. The first kappa shape index (κ1) is 19.6. The van der Waals surface area contributed by atoms with Gasteiger partial charge in [0.05, 0.1) is 25.8 Å². The molecule has 8 nitrogen and oxygen atoms in total. The number of nitrogens with zero attached hydrogens (tertiary/aromatic N) is 3. The van der Waals surface area contributed by atoms with E-state index in [1.54, 1.807) is 7.11 Å². The number of carbonyl (C=O) groups excluding carboxylic acids is 2. The Hall–Kier alpha value is -1.69. The molecular weight excluding hydrogens is 322 g/mol. The van der Waals surface area contributed by atoms with Crippen LogP contribution < -0.4 is 10.6 Å². The summed E-state index contributed by atoms with van der Waals surface area (Å²) in [5.74, 6) is 0.189. The van der Waals surface area contributed by atoms with Gasteiger partial charge in [-0.25, -0.2) is 0 Å². The maximum atomic E-state index is 12.2. The van der Waals surface area contributed by atoms with E-state index in [4.69, 9.17) is 4.74 Å². The van der Waals surface area contributed by atoms with Gasteiger partial charge in [-0.15, -0.1) is 0 Å². The standard InChI is InChI=1S/C17H29N5O3/c1-17(13-18,14-3-4-14)20-16(24)12-22-8-6-21(7-9-22)11-15(23)19-5-10-25-2/h14H,3-12H2,1-2H3,(H,19,23)(H,20,24). The molecule has 0 aromatic heterocycles. The average molecular weight is 351 g/mol. The van der Waals surface area contributed by atoms with Crippen LogP contribution in [0, 0.1) is 17.2 Å². The Bertz CT molecular complexity index is 509. The monoisotopic (exact) mass is 351 g/mol. The molecule has 0 aromatic carbocycles. The lowest BCUT2D eigenvalue weighted by molar-refractivity contribution is -0.125. The lowest BCUT2D eigenvalue weighted by atomic mass is 9.98. The highest BCUT2D eigenvalue weighted by atomic mass is 16.5. The van der Waals surface area contributed by atoms with Gasteiger partial charge in [-0.1, -0.05) is 0 Å². The molecule has 0 radical (unpaired) electrons. The van der Waals surface area contributed by atoms with Crippen molar-refractivity contribution >= 4 is 11.8 Å². The molecule has 140 valence electrons. The van der Waals surface area contributed by atoms with E-state index in [0.717, 1.165) is 39.0 Å². The van der Waals surface area contributed by atoms with Gasteiger partial charge in [0.15, 0.2) is 0 Å². The predicted molar refractivity (Wildman–Crippen MR) is 92.7 cm³/mol. The molecule has 25 heavy (non-hydrogen) atoms. The Labute approximate surface area is 149 Å². The van der Waals surface area contributed by atoms with Crippen molar-refractivity contribution in [1.82, 2.24) is 20.4 Å². The summed E-state index contributed by atoms with van der Waals surface area (Å²) in [4.78, 5) is 28.2. The number of hydrogen-bond acceptors (Lipinski definition) is 6. The number of amides is 2. The smallest absolute Gasteiger partial charge is 0.235 e. The Balaban J connectivity index is 1.65. The minimum absolute atomic E-state index is 0.00235. The average Bonchev–Trinajstić information content (AvgIpc) is 3.42. The van der Waals surface area contributed by atoms with Gasteiger partial charge in [0, 0.05) is 39.8 Å². The molecule has 1 saturated carbocycles. The number of methoxy groups -OCH3 is 1. The van der Waals surface area contributed by atoms with Crippen molar-refractivity contribution in [3.05, 3.63) is 0 Å². The summed E-state index contributed by atoms with van der Waals surface area (Å²) in [7, 11) is 1.60. The lowest BCUT2D eigenvalue weighted by Gasteiger charge is -2.34. The Morgan fingerprint density at radius 3 is 2.20 bits per heavy atom. The van der Waals surface area contributed by atoms with Crippen LogP contribution in [0.1, 0.15) is 19.8 Å². The first-order valence-electron chi connectivity index (χ1n) is 8.89. The number of piperazine rings is 1. The van der Waals surface area contributed by atoms with Crippen molar-refractivity contribution in [3.8, 4) is 6.07 Å². The SMILES string of the molecule is COCCNC(=O)CN1CCN(CC(=O)NC(C)(C#N)C2CC2)CC1. The van der Waals surface area contributed by atoms with E-state index >= 15 is 0 Å². The summed E-state index contributed by atoms with van der Waals surface area (Å²) in [6.45, 7) is 6.51. The van der Waals surface area contributed by atoms with E-state index in [-0.39, 0.29) is 17.7 Å². The molecule has 2 amide bonds. The highest BCUT2D eigenvalue weighted by molar-refractivity contribution is 5.79. The first-order chi connectivity index (χ1) is 12.0. The van der Waals surface area contributed by atoms with Crippen LogP contribution in [0.2, 0.25) is 0 Å². The fourth-order valence-corrected chi connectivity index (χ4v) is 3.07. The second-order valence-electron chi connectivity index (χ2n) is 7.03. The fourth-order valence-electron chi connectivity index (χ4n) is 3.07. The van der Waals surface area contributed by atoms with Gasteiger partial charge in [0.2, 0.25) is 11.8 Å². The zero-order valence-corrected chi connectivity index (χ0v) is 15.2. The molecule has 8 heteroatoms. The molecule has 1 aliphatic carbocycles. The fraction of sp³-hybridized carbons (Fsp3) is 0.824. The summed E-state index contributed by atoms with van der Waals surface area (Å²) in [6, 6.07) is 2.25. The molecule has 0 spiro atoms. The van der Waals surface area contributed by atoms with Gasteiger partial charge in [-0.05, 0) is 25.7 Å². The molecule has 0 bridgehead atoms. The van der Waals surface area contributed by atoms with Crippen LogP contribution in [0.3, 0.4) is 0 Å². The molecule has 1 aliphatic heterocycles. The molecule has 0 aromatic rings. The highest BCUT2D eigenvalue weighted by Gasteiger charge is 2.43. The maximum Gasteiger partial charge on any atom is 0.235 e. The normalized spacial score (nSPS) is 21.2. The summed E-state index contributed by atoms with van der Waals surface area (Å²) in [6.07, 6.45) is 2.02. The quantitative estimate of drug-likeness (QED) is 0.527. The number of ether oxygens (including phenoxy) is 1. The van der Waals surface area contributed by atoms with Gasteiger partial charge in [-0.2, -0.15) is 5.26 Å². The third-order valence-electron chi connectivity index (χ3n) is 4.85. The van der Waals surface area contributed by atoms with Gasteiger partial charge in [0.25, 0.3) is 0 Å². The minimum atomic E-state index is -0.737. The molecule has 2 aliphatic rings. The number of nitrogens with one attached hydrogen (secondary N) is 2. The van der Waals surface area contributed by atoms with Crippen LogP contribution >= 0.6 is 0 Å².